The molecular weight excluding hydrogens is 230 g/mol. The van der Waals surface area contributed by atoms with Crippen molar-refractivity contribution in [3.63, 3.8) is 0 Å². The minimum Gasteiger partial charge on any atom is -0.337 e. The zero-order valence-corrected chi connectivity index (χ0v) is 10.7. The van der Waals surface area contributed by atoms with Gasteiger partial charge in [-0.1, -0.05) is 6.58 Å². The number of piperidine rings is 1. The van der Waals surface area contributed by atoms with Crippen LogP contribution >= 0.6 is 0 Å². The molecule has 1 amide bonds. The summed E-state index contributed by atoms with van der Waals surface area (Å²) in [6.45, 7) is 10.1. The molecule has 1 aliphatic rings. The van der Waals surface area contributed by atoms with Gasteiger partial charge < -0.3 is 4.90 Å². The van der Waals surface area contributed by atoms with Gasteiger partial charge in [-0.25, -0.2) is 10.0 Å². The van der Waals surface area contributed by atoms with Crippen molar-refractivity contribution in [2.45, 2.75) is 25.8 Å². The molecule has 0 unspecified atom stereocenters. The van der Waals surface area contributed by atoms with E-state index in [2.05, 4.69) is 23.4 Å². The minimum absolute atomic E-state index is 0.0591. The third-order valence-corrected chi connectivity index (χ3v) is 2.96. The van der Waals surface area contributed by atoms with Crippen molar-refractivity contribution in [2.24, 2.45) is 10.1 Å². The molecule has 98 valence electrons. The smallest absolute Gasteiger partial charge is 0.246 e. The number of hydrazone groups is 1. The van der Waals surface area contributed by atoms with E-state index in [1.165, 1.54) is 6.08 Å². The second kappa shape index (κ2) is 6.68. The maximum Gasteiger partial charge on any atom is 0.246 e. The van der Waals surface area contributed by atoms with E-state index in [0.29, 0.717) is 12.4 Å². The molecule has 1 saturated heterocycles. The molecule has 1 N–H and O–H groups in total. The van der Waals surface area contributed by atoms with Crippen LogP contribution in [-0.4, -0.2) is 53.8 Å². The van der Waals surface area contributed by atoms with E-state index < -0.39 is 0 Å². The van der Waals surface area contributed by atoms with Crippen molar-refractivity contribution in [3.05, 3.63) is 12.7 Å². The first-order valence-electron chi connectivity index (χ1n) is 5.84. The van der Waals surface area contributed by atoms with Crippen LogP contribution in [0.25, 0.3) is 0 Å². The lowest BCUT2D eigenvalue weighted by atomic mass is 10.0. The minimum atomic E-state index is -0.0645. The van der Waals surface area contributed by atoms with Gasteiger partial charge in [-0.15, -0.1) is 0 Å². The Bertz CT molecular complexity index is 377. The molecule has 0 aliphatic carbocycles. The van der Waals surface area contributed by atoms with Gasteiger partial charge in [0.15, 0.2) is 0 Å². The highest BCUT2D eigenvalue weighted by Crippen LogP contribution is 2.17. The van der Waals surface area contributed by atoms with Crippen molar-refractivity contribution in [1.82, 2.24) is 9.91 Å². The Morgan fingerprint density at radius 2 is 2.33 bits per heavy atom. The third-order valence-electron chi connectivity index (χ3n) is 2.96. The van der Waals surface area contributed by atoms with Crippen molar-refractivity contribution < 1.29 is 4.79 Å². The number of carbonyl (C=O) groups is 1. The monoisotopic (exact) mass is 249 g/mol. The average molecular weight is 249 g/mol. The van der Waals surface area contributed by atoms with Gasteiger partial charge in [0.1, 0.15) is 12.2 Å². The van der Waals surface area contributed by atoms with Gasteiger partial charge >= 0.3 is 0 Å². The van der Waals surface area contributed by atoms with Crippen molar-refractivity contribution in [3.8, 4) is 0 Å². The largest absolute Gasteiger partial charge is 0.337 e. The van der Waals surface area contributed by atoms with Crippen LogP contribution in [-0.2, 0) is 4.79 Å². The molecule has 0 saturated carbocycles. The highest BCUT2D eigenvalue weighted by Gasteiger charge is 2.27. The van der Waals surface area contributed by atoms with E-state index in [4.69, 9.17) is 5.41 Å². The molecule has 1 rings (SSSR count). The lowest BCUT2D eigenvalue weighted by Gasteiger charge is -2.37. The lowest BCUT2D eigenvalue weighted by molar-refractivity contribution is -0.127. The predicted molar refractivity (Wildman–Crippen MR) is 73.1 cm³/mol. The average Bonchev–Trinajstić information content (AvgIpc) is 2.39. The molecule has 1 fully saturated rings. The number of nitrogens with zero attached hydrogens (tertiary/aromatic N) is 4. The molecule has 0 spiro atoms. The fraction of sp³-hybridized carbons (Fsp3) is 0.500. The molecule has 0 aromatic heterocycles. The number of carbonyl (C=O) groups excluding carboxylic acids is 1. The second-order valence-corrected chi connectivity index (χ2v) is 4.08. The van der Waals surface area contributed by atoms with E-state index in [9.17, 15) is 4.79 Å². The van der Waals surface area contributed by atoms with Crippen LogP contribution in [0.15, 0.2) is 22.7 Å². The molecule has 6 heteroatoms. The summed E-state index contributed by atoms with van der Waals surface area (Å²) in [5.41, 5.74) is 0. The van der Waals surface area contributed by atoms with Crippen molar-refractivity contribution in [1.29, 1.82) is 5.41 Å². The van der Waals surface area contributed by atoms with Gasteiger partial charge in [0, 0.05) is 19.8 Å². The van der Waals surface area contributed by atoms with E-state index in [1.807, 2.05) is 0 Å². The lowest BCUT2D eigenvalue weighted by Crippen LogP contribution is -2.49. The quantitative estimate of drug-likeness (QED) is 0.351. The van der Waals surface area contributed by atoms with Crippen molar-refractivity contribution in [2.75, 3.05) is 13.1 Å². The number of nitrogens with one attached hydrogen (secondary N) is 1. The number of amidine groups is 1. The first kappa shape index (κ1) is 14.1. The highest BCUT2D eigenvalue weighted by molar-refractivity contribution is 5.88. The summed E-state index contributed by atoms with van der Waals surface area (Å²) >= 11 is 0. The number of likely N-dealkylation sites (tertiary alicyclic amines) is 1. The molecule has 0 radical (unpaired) electrons. The first-order chi connectivity index (χ1) is 8.63. The van der Waals surface area contributed by atoms with E-state index in [0.717, 1.165) is 25.7 Å². The van der Waals surface area contributed by atoms with Crippen LogP contribution in [0.2, 0.25) is 0 Å². The summed E-state index contributed by atoms with van der Waals surface area (Å²) in [6, 6.07) is 0.0591. The number of hydrogen-bond acceptors (Lipinski definition) is 3. The van der Waals surface area contributed by atoms with Crippen LogP contribution in [0.1, 0.15) is 19.8 Å². The molecule has 1 aliphatic heterocycles. The van der Waals surface area contributed by atoms with Crippen molar-refractivity contribution >= 4 is 24.8 Å². The van der Waals surface area contributed by atoms with Crippen LogP contribution in [0, 0.1) is 5.41 Å². The van der Waals surface area contributed by atoms with Crippen LogP contribution in [0.4, 0.5) is 0 Å². The van der Waals surface area contributed by atoms with Gasteiger partial charge in [-0.05, 0) is 25.8 Å². The topological polar surface area (TPSA) is 72.1 Å². The normalized spacial score (nSPS) is 20.2. The maximum atomic E-state index is 11.6. The Morgan fingerprint density at radius 3 is 2.89 bits per heavy atom. The summed E-state index contributed by atoms with van der Waals surface area (Å²) in [7, 11) is 0. The fourth-order valence-corrected chi connectivity index (χ4v) is 2.12. The SMILES string of the molecule is C=CC(=O)N1CCC[C@@H](N(N=C)C(C)=NC=N)C1. The van der Waals surface area contributed by atoms with Gasteiger partial charge in [0.2, 0.25) is 5.91 Å². The Balaban J connectivity index is 2.78. The predicted octanol–water partition coefficient (Wildman–Crippen LogP) is 1.11. The number of hydrogen-bond donors (Lipinski definition) is 1. The number of amides is 1. The van der Waals surface area contributed by atoms with Crippen LogP contribution in [0.5, 0.6) is 0 Å². The molecule has 18 heavy (non-hydrogen) atoms. The maximum absolute atomic E-state index is 11.6. The standard InChI is InChI=1S/C12H19N5O/c1-4-12(18)16-7-5-6-11(8-16)17(14-3)10(2)15-9-13/h4,9,11,13H,1,3,5-8H2,2H3/t11-/m1/s1. The summed E-state index contributed by atoms with van der Waals surface area (Å²) < 4.78 is 0. The fourth-order valence-electron chi connectivity index (χ4n) is 2.12. The third kappa shape index (κ3) is 3.26. The Kier molecular flexibility index (Phi) is 5.23. The second-order valence-electron chi connectivity index (χ2n) is 4.08. The van der Waals surface area contributed by atoms with Crippen LogP contribution < -0.4 is 0 Å². The Labute approximate surface area is 107 Å². The summed E-state index contributed by atoms with van der Waals surface area (Å²) in [5.74, 6) is 0.545. The molecule has 6 nitrogen and oxygen atoms in total. The zero-order valence-electron chi connectivity index (χ0n) is 10.7. The molecule has 1 heterocycles. The van der Waals surface area contributed by atoms with E-state index in [1.54, 1.807) is 16.8 Å². The van der Waals surface area contributed by atoms with Gasteiger partial charge in [-0.2, -0.15) is 5.10 Å². The first-order valence-corrected chi connectivity index (χ1v) is 5.84. The van der Waals surface area contributed by atoms with E-state index >= 15 is 0 Å². The molecule has 0 aromatic rings. The Hall–Kier alpha value is -1.98. The van der Waals surface area contributed by atoms with Gasteiger partial charge in [0.05, 0.1) is 6.04 Å². The van der Waals surface area contributed by atoms with Gasteiger partial charge in [-0.3, -0.25) is 10.2 Å². The molecule has 0 bridgehead atoms. The molecular formula is C12H19N5O. The van der Waals surface area contributed by atoms with Crippen LogP contribution in [0.3, 0.4) is 0 Å². The molecule has 0 aromatic carbocycles. The highest BCUT2D eigenvalue weighted by atomic mass is 16.2. The number of rotatable bonds is 4. The van der Waals surface area contributed by atoms with Gasteiger partial charge in [0.25, 0.3) is 0 Å². The molecule has 1 atom stereocenters. The van der Waals surface area contributed by atoms with E-state index in [-0.39, 0.29) is 11.9 Å². The number of aliphatic imine (C=N–C) groups is 1. The summed E-state index contributed by atoms with van der Waals surface area (Å²) in [5, 5.41) is 12.6. The Morgan fingerprint density at radius 1 is 1.61 bits per heavy atom. The summed E-state index contributed by atoms with van der Waals surface area (Å²) in [4.78, 5) is 17.2. The summed E-state index contributed by atoms with van der Waals surface area (Å²) in [6.07, 6.45) is 4.13. The zero-order chi connectivity index (χ0) is 13.5.